The fraction of sp³-hybridized carbons (Fsp3) is 0.330. The highest BCUT2D eigenvalue weighted by molar-refractivity contribution is 5.84. The van der Waals surface area contributed by atoms with Crippen molar-refractivity contribution in [2.24, 2.45) is 0 Å². The molecule has 0 bridgehead atoms. The Hall–Kier alpha value is -10.1. The van der Waals surface area contributed by atoms with Gasteiger partial charge in [0.15, 0.2) is 0 Å². The molecule has 10 aromatic rings. The van der Waals surface area contributed by atoms with E-state index in [-0.39, 0.29) is 59.1 Å². The summed E-state index contributed by atoms with van der Waals surface area (Å²) < 4.78 is 5.31. The number of carbonyl (C=O) groups excluding carboxylic acids is 5. The molecule has 5 atom stereocenters. The fourth-order valence-corrected chi connectivity index (χ4v) is 13.3. The summed E-state index contributed by atoms with van der Waals surface area (Å²) in [7, 11) is 10.8. The zero-order chi connectivity index (χ0) is 79.4. The third-order valence-corrected chi connectivity index (χ3v) is 20.2. The van der Waals surface area contributed by atoms with Gasteiger partial charge in [0.05, 0.1) is 37.3 Å². The summed E-state index contributed by atoms with van der Waals surface area (Å²) in [4.78, 5) is 57.5. The Morgan fingerprint density at radius 1 is 0.330 bits per heavy atom. The summed E-state index contributed by atoms with van der Waals surface area (Å²) >= 11 is 0. The van der Waals surface area contributed by atoms with Gasteiger partial charge in [0.1, 0.15) is 40.4 Å². The van der Waals surface area contributed by atoms with Crippen LogP contribution >= 0.6 is 0 Å². The zero-order valence-electron chi connectivity index (χ0n) is 67.5. The van der Waals surface area contributed by atoms with Crippen molar-refractivity contribution >= 4 is 28.9 Å². The van der Waals surface area contributed by atoms with Gasteiger partial charge in [-0.25, -0.2) is 0 Å². The van der Waals surface area contributed by atoms with Gasteiger partial charge in [0.25, 0.3) is 0 Å². The van der Waals surface area contributed by atoms with Crippen LogP contribution in [0.5, 0.6) is 11.5 Å². The van der Waals surface area contributed by atoms with E-state index in [1.54, 1.807) is 47.8 Å². The maximum Gasteiger partial charge on any atom is 0.147 e. The summed E-state index contributed by atoms with van der Waals surface area (Å²) in [6.07, 6.45) is 10.0. The molecule has 12 heteroatoms. The molecule has 0 fully saturated rings. The lowest BCUT2D eigenvalue weighted by Gasteiger charge is -2.14. The first-order valence-corrected chi connectivity index (χ1v) is 38.6. The quantitative estimate of drug-likeness (QED) is 0.0236. The number of phenols is 1. The molecule has 10 aromatic carbocycles. The number of rotatable bonds is 32. The molecule has 0 aliphatic rings. The van der Waals surface area contributed by atoms with Crippen molar-refractivity contribution in [2.45, 2.75) is 170 Å². The molecule has 0 saturated carbocycles. The molecule has 0 radical (unpaired) electrons. The van der Waals surface area contributed by atoms with Crippen molar-refractivity contribution in [1.29, 1.82) is 0 Å². The van der Waals surface area contributed by atoms with E-state index >= 15 is 0 Å². The molecular weight excluding hydrogens is 1350 g/mol. The van der Waals surface area contributed by atoms with Gasteiger partial charge in [-0.3, -0.25) is 24.0 Å². The molecule has 0 aliphatic carbocycles. The van der Waals surface area contributed by atoms with E-state index in [0.29, 0.717) is 12.2 Å². The van der Waals surface area contributed by atoms with E-state index in [0.717, 1.165) is 84.9 Å². The van der Waals surface area contributed by atoms with Crippen molar-refractivity contribution < 1.29 is 33.8 Å². The monoisotopic (exact) mass is 1470 g/mol. The first-order chi connectivity index (χ1) is 52.5. The lowest BCUT2D eigenvalue weighted by molar-refractivity contribution is -0.119. The van der Waals surface area contributed by atoms with Gasteiger partial charge in [-0.15, -0.1) is 0 Å². The van der Waals surface area contributed by atoms with Gasteiger partial charge in [0, 0.05) is 0 Å². The number of ketones is 5. The molecule has 12 nitrogen and oxygen atoms in total. The smallest absolute Gasteiger partial charge is 0.147 e. The summed E-state index contributed by atoms with van der Waals surface area (Å²) in [5.74, 6) is 2.05. The molecule has 574 valence electrons. The van der Waals surface area contributed by atoms with Crippen molar-refractivity contribution in [3.05, 3.63) is 286 Å². The zero-order valence-corrected chi connectivity index (χ0v) is 67.5. The average molecular weight is 1470 g/mol. The Morgan fingerprint density at radius 3 is 0.908 bits per heavy atom. The molecule has 0 heterocycles. The molecule has 0 aliphatic heterocycles. The second-order valence-corrected chi connectivity index (χ2v) is 27.9. The largest absolute Gasteiger partial charge is 0.508 e. The molecular formula is C97H119N5O7. The van der Waals surface area contributed by atoms with Gasteiger partial charge in [-0.2, -0.15) is 0 Å². The first-order valence-electron chi connectivity index (χ1n) is 38.6. The summed E-state index contributed by atoms with van der Waals surface area (Å²) in [5, 5.41) is 24.9. The summed E-state index contributed by atoms with van der Waals surface area (Å²) in [6, 6.07) is 79.0. The molecule has 0 spiro atoms. The number of Topliss-reactive ketones (excluding diaryl/α,β-unsaturated/α-hetero) is 5. The van der Waals surface area contributed by atoms with Crippen LogP contribution in [0.25, 0.3) is 55.6 Å². The number of hydrogen-bond acceptors (Lipinski definition) is 12. The highest BCUT2D eigenvalue weighted by Gasteiger charge is 2.18. The van der Waals surface area contributed by atoms with Gasteiger partial charge in [-0.05, 0) is 277 Å². The lowest BCUT2D eigenvalue weighted by atomic mass is 9.94. The highest BCUT2D eigenvalue weighted by Crippen LogP contribution is 2.32. The topological polar surface area (TPSA) is 175 Å². The van der Waals surface area contributed by atoms with Crippen molar-refractivity contribution in [3.63, 3.8) is 0 Å². The maximum absolute atomic E-state index is 11.6. The van der Waals surface area contributed by atoms with Crippen LogP contribution < -0.4 is 31.3 Å². The standard InChI is InChI=1S/C21H27NO.C20H25NO2.C19H23NO2.C19H23NO.C18H21NO/c1-4-5-8-18-9-6-7-10-20(18)19-13-11-17(12-14-19)15-21(22-3)16(2)23;1-5-16-13-18(23-4)10-11-19(16)17-8-6-15(7-9-17)12-20(21-3)14(2)22;1-4-15-12-17(22)9-10-18(15)16-7-5-14(6-8-16)11-19(20-3)13(2)21;1-4-16-7-5-6-8-18(16)17-11-9-15(10-12-17)13-19(20-3)14(2)21;1-13-6-4-5-7-17(13)16-10-8-15(9-11-16)12-18(19-3)14(2)20/h6-7,9-14,21-22H,4-5,8,15H2,1-3H3;6-11,13,20-21H,5,12H2,1-4H3;5-10,12,19-20,22H,4,11H2,1-3H3;5-12,19-20H,4,13H2,1-3H3;4-11,18-19H,12H2,1-3H3/t21-;20-;2*19-;18-/m00000/s1. The normalized spacial score (nSPS) is 12.1. The lowest BCUT2D eigenvalue weighted by Crippen LogP contribution is -2.34. The SMILES string of the molecule is CCCCc1ccccc1-c1ccc(C[C@H](NC)C(C)=O)cc1.CCc1cc(O)ccc1-c1ccc(C[C@H](NC)C(C)=O)cc1.CCc1cc(OC)ccc1-c1ccc(C[C@H](NC)C(C)=O)cc1.CCc1ccccc1-c1ccc(C[C@H](NC)C(C)=O)cc1.CN[C@@H](Cc1ccc(-c2ccccc2C)cc1)C(C)=O. The minimum absolute atomic E-state index is 0.0979. The molecule has 0 amide bonds. The number of aryl methyl sites for hydroxylation is 5. The van der Waals surface area contributed by atoms with Crippen LogP contribution in [0.15, 0.2) is 231 Å². The van der Waals surface area contributed by atoms with E-state index in [1.165, 1.54) is 96.3 Å². The number of likely N-dealkylation sites (N-methyl/N-ethyl adjacent to an activating group) is 5. The number of nitrogens with one attached hydrogen (secondary N) is 5. The number of aromatic hydroxyl groups is 1. The summed E-state index contributed by atoms with van der Waals surface area (Å²) in [5.41, 5.74) is 24.6. The van der Waals surface area contributed by atoms with Gasteiger partial charge in [0.2, 0.25) is 0 Å². The molecule has 109 heavy (non-hydrogen) atoms. The van der Waals surface area contributed by atoms with Crippen LogP contribution in [0.1, 0.15) is 131 Å². The Morgan fingerprint density at radius 2 is 0.606 bits per heavy atom. The first kappa shape index (κ1) is 87.9. The Balaban J connectivity index is 0.000000213. The van der Waals surface area contributed by atoms with Crippen LogP contribution in [0, 0.1) is 6.92 Å². The maximum atomic E-state index is 11.6. The molecule has 10 rings (SSSR count). The number of unbranched alkanes of at least 4 members (excludes halogenated alkanes) is 1. The van der Waals surface area contributed by atoms with E-state index in [4.69, 9.17) is 4.74 Å². The fourth-order valence-electron chi connectivity index (χ4n) is 13.3. The summed E-state index contributed by atoms with van der Waals surface area (Å²) in [6.45, 7) is 18.9. The minimum atomic E-state index is -0.134. The van der Waals surface area contributed by atoms with Crippen molar-refractivity contribution in [2.75, 3.05) is 42.3 Å². The average Bonchev–Trinajstić information content (AvgIpc) is 0.848. The number of methoxy groups -OCH3 is 1. The van der Waals surface area contributed by atoms with Gasteiger partial charge < -0.3 is 36.4 Å². The van der Waals surface area contributed by atoms with Crippen LogP contribution in [0.4, 0.5) is 0 Å². The number of ether oxygens (including phenoxy) is 1. The minimum Gasteiger partial charge on any atom is -0.508 e. The Labute approximate surface area is 651 Å². The second-order valence-electron chi connectivity index (χ2n) is 27.9. The number of benzene rings is 10. The van der Waals surface area contributed by atoms with Crippen molar-refractivity contribution in [1.82, 2.24) is 26.6 Å². The number of phenolic OH excluding ortho intramolecular Hbond substituents is 1. The van der Waals surface area contributed by atoms with E-state index in [9.17, 15) is 29.1 Å². The Kier molecular flexibility index (Phi) is 37.4. The van der Waals surface area contributed by atoms with Crippen LogP contribution in [0.3, 0.4) is 0 Å². The van der Waals surface area contributed by atoms with E-state index in [1.807, 2.05) is 53.4 Å². The van der Waals surface area contributed by atoms with E-state index < -0.39 is 0 Å². The molecule has 0 aromatic heterocycles. The molecule has 0 saturated heterocycles. The van der Waals surface area contributed by atoms with Crippen LogP contribution in [-0.4, -0.2) is 107 Å². The predicted molar refractivity (Wildman–Crippen MR) is 455 cm³/mol. The van der Waals surface area contributed by atoms with Crippen LogP contribution in [-0.2, 0) is 81.8 Å². The van der Waals surface area contributed by atoms with Gasteiger partial charge >= 0.3 is 0 Å². The third kappa shape index (κ3) is 27.5. The van der Waals surface area contributed by atoms with Crippen LogP contribution in [0.2, 0.25) is 0 Å². The third-order valence-electron chi connectivity index (χ3n) is 20.2. The second kappa shape index (κ2) is 46.3. The van der Waals surface area contributed by atoms with Crippen molar-refractivity contribution in [3.8, 4) is 67.1 Å². The van der Waals surface area contributed by atoms with Gasteiger partial charge in [-0.1, -0.05) is 240 Å². The molecule has 0 unspecified atom stereocenters. The predicted octanol–water partition coefficient (Wildman–Crippen LogP) is 18.4. The number of hydrogen-bond donors (Lipinski definition) is 6. The molecule has 6 N–H and O–H groups in total. The highest BCUT2D eigenvalue weighted by atomic mass is 16.5. The number of carbonyl (C=O) groups is 5. The Bertz CT molecular complexity index is 4450. The van der Waals surface area contributed by atoms with E-state index in [2.05, 4.69) is 267 Å².